The van der Waals surface area contributed by atoms with Crippen LogP contribution < -0.4 is 0 Å². The molecule has 0 spiro atoms. The van der Waals surface area contributed by atoms with E-state index in [9.17, 15) is 14.4 Å². The highest BCUT2D eigenvalue weighted by Crippen LogP contribution is 2.13. The molecule has 1 atom stereocenters. The summed E-state index contributed by atoms with van der Waals surface area (Å²) in [5.41, 5.74) is 0. The van der Waals surface area contributed by atoms with Gasteiger partial charge < -0.3 is 14.2 Å². The Bertz CT molecular complexity index is 1250. The quantitative estimate of drug-likeness (QED) is 0.0262. The van der Waals surface area contributed by atoms with E-state index >= 15 is 0 Å². The SMILES string of the molecule is CC/C=C\C/C=C\C/C=C\C/C=C\CCCCCC(=O)OC(COC(=O)CC/C=C\C/C=C\CCCCCCCC)COC(=O)CCCCCCCCC/C=C\CCCCCCCC. The summed E-state index contributed by atoms with van der Waals surface area (Å²) in [6, 6.07) is 0. The van der Waals surface area contributed by atoms with Crippen LogP contribution in [0.4, 0.5) is 0 Å². The zero-order valence-electron chi connectivity index (χ0n) is 41.8. The Morgan fingerprint density at radius 1 is 0.328 bits per heavy atom. The Hall–Kier alpha value is -3.41. The predicted molar refractivity (Wildman–Crippen MR) is 274 cm³/mol. The Kier molecular flexibility index (Phi) is 49.4. The molecule has 0 heterocycles. The average molecular weight is 891 g/mol. The van der Waals surface area contributed by atoms with E-state index in [0.29, 0.717) is 12.8 Å². The maximum absolute atomic E-state index is 12.8. The second-order valence-electron chi connectivity index (χ2n) is 17.4. The van der Waals surface area contributed by atoms with Gasteiger partial charge in [0, 0.05) is 19.3 Å². The van der Waals surface area contributed by atoms with E-state index in [2.05, 4.69) is 99.8 Å². The van der Waals surface area contributed by atoms with Crippen LogP contribution in [-0.2, 0) is 28.6 Å². The molecule has 1 unspecified atom stereocenters. The van der Waals surface area contributed by atoms with E-state index in [1.807, 2.05) is 6.08 Å². The molecular weight excluding hydrogens is 793 g/mol. The van der Waals surface area contributed by atoms with Crippen LogP contribution in [0.15, 0.2) is 85.1 Å². The van der Waals surface area contributed by atoms with Crippen molar-refractivity contribution in [2.24, 2.45) is 0 Å². The van der Waals surface area contributed by atoms with Gasteiger partial charge in [0.05, 0.1) is 0 Å². The lowest BCUT2D eigenvalue weighted by molar-refractivity contribution is -0.166. The molecule has 0 aromatic rings. The third-order valence-electron chi connectivity index (χ3n) is 11.1. The number of esters is 3. The Labute approximate surface area is 395 Å². The number of carbonyl (C=O) groups excluding carboxylic acids is 3. The third-order valence-corrected chi connectivity index (χ3v) is 11.1. The minimum atomic E-state index is -0.817. The molecule has 6 nitrogen and oxygen atoms in total. The van der Waals surface area contributed by atoms with Gasteiger partial charge in [-0.3, -0.25) is 14.4 Å². The van der Waals surface area contributed by atoms with Crippen molar-refractivity contribution in [3.63, 3.8) is 0 Å². The monoisotopic (exact) mass is 891 g/mol. The molecule has 0 aromatic heterocycles. The molecule has 366 valence electrons. The van der Waals surface area contributed by atoms with E-state index in [-0.39, 0.29) is 44.0 Å². The fourth-order valence-corrected chi connectivity index (χ4v) is 7.13. The van der Waals surface area contributed by atoms with Gasteiger partial charge in [-0.05, 0) is 103 Å². The largest absolute Gasteiger partial charge is 0.462 e. The molecule has 0 bridgehead atoms. The zero-order valence-corrected chi connectivity index (χ0v) is 41.8. The molecule has 0 aliphatic heterocycles. The first kappa shape index (κ1) is 60.6. The molecule has 0 aromatic carbocycles. The van der Waals surface area contributed by atoms with Gasteiger partial charge in [-0.1, -0.05) is 209 Å². The maximum Gasteiger partial charge on any atom is 0.306 e. The van der Waals surface area contributed by atoms with Crippen molar-refractivity contribution in [3.8, 4) is 0 Å². The van der Waals surface area contributed by atoms with Crippen LogP contribution in [-0.4, -0.2) is 37.2 Å². The van der Waals surface area contributed by atoms with Gasteiger partial charge in [-0.2, -0.15) is 0 Å². The van der Waals surface area contributed by atoms with Crippen LogP contribution in [0.2, 0.25) is 0 Å². The van der Waals surface area contributed by atoms with Crippen molar-refractivity contribution in [3.05, 3.63) is 85.1 Å². The first-order valence-corrected chi connectivity index (χ1v) is 26.6. The summed E-state index contributed by atoms with van der Waals surface area (Å²) in [6.07, 6.45) is 67.2. The minimum Gasteiger partial charge on any atom is -0.462 e. The van der Waals surface area contributed by atoms with Gasteiger partial charge in [-0.25, -0.2) is 0 Å². The van der Waals surface area contributed by atoms with Crippen LogP contribution in [0.25, 0.3) is 0 Å². The lowest BCUT2D eigenvalue weighted by Crippen LogP contribution is -2.30. The summed E-state index contributed by atoms with van der Waals surface area (Å²) in [6.45, 7) is 6.43. The highest BCUT2D eigenvalue weighted by atomic mass is 16.6. The number of unbranched alkanes of at least 4 members (excludes halogenated alkanes) is 22. The summed E-state index contributed by atoms with van der Waals surface area (Å²) in [4.78, 5) is 38.0. The van der Waals surface area contributed by atoms with Crippen molar-refractivity contribution in [2.45, 2.75) is 252 Å². The van der Waals surface area contributed by atoms with Crippen molar-refractivity contribution in [2.75, 3.05) is 13.2 Å². The van der Waals surface area contributed by atoms with Crippen LogP contribution >= 0.6 is 0 Å². The molecule has 0 radical (unpaired) electrons. The number of hydrogen-bond donors (Lipinski definition) is 0. The standard InChI is InChI=1S/C58H98O6/c1-4-7-10-13-16-19-22-25-27-29-31-33-36-39-42-45-48-51-57(60)63-54-55(53-62-56(59)50-47-44-41-38-35-32-24-21-18-15-12-9-6-3)64-58(61)52-49-46-43-40-37-34-30-28-26-23-20-17-14-11-8-5-2/h8,11,17,20,25-28,32,34-35,37,41,44,55H,4-7,9-10,12-16,18-19,21-24,29-31,33,36,38-40,42-43,45-54H2,1-3H3/b11-8-,20-17-,27-25-,28-26-,35-32-,37-34-,44-41-. The van der Waals surface area contributed by atoms with Gasteiger partial charge in [0.1, 0.15) is 13.2 Å². The van der Waals surface area contributed by atoms with Gasteiger partial charge in [0.2, 0.25) is 0 Å². The summed E-state index contributed by atoms with van der Waals surface area (Å²) >= 11 is 0. The predicted octanol–water partition coefficient (Wildman–Crippen LogP) is 17.6. The fourth-order valence-electron chi connectivity index (χ4n) is 7.13. The zero-order chi connectivity index (χ0) is 46.5. The molecular formula is C58H98O6. The molecule has 0 rings (SSSR count). The van der Waals surface area contributed by atoms with Crippen LogP contribution in [0.3, 0.4) is 0 Å². The van der Waals surface area contributed by atoms with Gasteiger partial charge in [0.25, 0.3) is 0 Å². The van der Waals surface area contributed by atoms with E-state index in [1.54, 1.807) is 0 Å². The van der Waals surface area contributed by atoms with Gasteiger partial charge in [0.15, 0.2) is 6.10 Å². The van der Waals surface area contributed by atoms with E-state index < -0.39 is 6.10 Å². The summed E-state index contributed by atoms with van der Waals surface area (Å²) in [5.74, 6) is -1.02. The molecule has 0 N–H and O–H groups in total. The molecule has 0 aliphatic carbocycles. The molecule has 6 heteroatoms. The highest BCUT2D eigenvalue weighted by Gasteiger charge is 2.19. The third kappa shape index (κ3) is 49.6. The van der Waals surface area contributed by atoms with Crippen LogP contribution in [0, 0.1) is 0 Å². The van der Waals surface area contributed by atoms with Gasteiger partial charge in [-0.15, -0.1) is 0 Å². The second-order valence-corrected chi connectivity index (χ2v) is 17.4. The Morgan fingerprint density at radius 2 is 0.641 bits per heavy atom. The molecule has 0 aliphatic rings. The minimum absolute atomic E-state index is 0.109. The van der Waals surface area contributed by atoms with E-state index in [0.717, 1.165) is 83.5 Å². The molecule has 0 saturated heterocycles. The van der Waals surface area contributed by atoms with Gasteiger partial charge >= 0.3 is 17.9 Å². The molecule has 0 fully saturated rings. The Morgan fingerprint density at radius 3 is 1.08 bits per heavy atom. The molecule has 64 heavy (non-hydrogen) atoms. The first-order valence-electron chi connectivity index (χ1n) is 26.6. The first-order chi connectivity index (χ1) is 31.5. The van der Waals surface area contributed by atoms with Crippen LogP contribution in [0.1, 0.15) is 245 Å². The number of rotatable bonds is 47. The number of ether oxygens (including phenoxy) is 3. The highest BCUT2D eigenvalue weighted by molar-refractivity contribution is 5.71. The summed E-state index contributed by atoms with van der Waals surface area (Å²) < 4.78 is 16.7. The number of hydrogen-bond acceptors (Lipinski definition) is 6. The lowest BCUT2D eigenvalue weighted by Gasteiger charge is -2.18. The molecule has 0 amide bonds. The lowest BCUT2D eigenvalue weighted by atomic mass is 10.1. The topological polar surface area (TPSA) is 78.9 Å². The number of carbonyl (C=O) groups is 3. The van der Waals surface area contributed by atoms with E-state index in [4.69, 9.17) is 14.2 Å². The van der Waals surface area contributed by atoms with Crippen molar-refractivity contribution in [1.29, 1.82) is 0 Å². The second kappa shape index (κ2) is 52.2. The van der Waals surface area contributed by atoms with Crippen molar-refractivity contribution in [1.82, 2.24) is 0 Å². The summed E-state index contributed by atoms with van der Waals surface area (Å²) in [7, 11) is 0. The normalized spacial score (nSPS) is 12.7. The van der Waals surface area contributed by atoms with Crippen molar-refractivity contribution < 1.29 is 28.6 Å². The van der Waals surface area contributed by atoms with Crippen molar-refractivity contribution >= 4 is 17.9 Å². The average Bonchev–Trinajstić information content (AvgIpc) is 3.29. The Balaban J connectivity index is 4.49. The summed E-state index contributed by atoms with van der Waals surface area (Å²) in [5, 5.41) is 0. The smallest absolute Gasteiger partial charge is 0.306 e. The number of allylic oxidation sites excluding steroid dienone is 14. The molecule has 0 saturated carbocycles. The maximum atomic E-state index is 12.8. The fraction of sp³-hybridized carbons (Fsp3) is 0.707. The van der Waals surface area contributed by atoms with E-state index in [1.165, 1.54) is 116 Å². The van der Waals surface area contributed by atoms with Crippen LogP contribution in [0.5, 0.6) is 0 Å².